The van der Waals surface area contributed by atoms with Gasteiger partial charge in [-0.15, -0.1) is 0 Å². The highest BCUT2D eigenvalue weighted by atomic mass is 19.3. The number of hydrogen-bond donors (Lipinski definition) is 1. The lowest BCUT2D eigenvalue weighted by atomic mass is 10.3. The summed E-state index contributed by atoms with van der Waals surface area (Å²) in [4.78, 5) is 8.75. The smallest absolute Gasteiger partial charge is 0.387 e. The summed E-state index contributed by atoms with van der Waals surface area (Å²) in [6.45, 7) is -1.18. The first-order valence-corrected chi connectivity index (χ1v) is 8.54. The van der Waals surface area contributed by atoms with Crippen LogP contribution in [-0.4, -0.2) is 21.1 Å². The maximum atomic E-state index is 13.7. The number of halogens is 4. The van der Waals surface area contributed by atoms with Crippen LogP contribution in [0.25, 0.3) is 16.9 Å². The monoisotopic (exact) mass is 402 g/mol. The number of hydrogen-bond acceptors (Lipinski definition) is 4. The zero-order valence-corrected chi connectivity index (χ0v) is 15.0. The second kappa shape index (κ2) is 7.42. The summed E-state index contributed by atoms with van der Waals surface area (Å²) in [5, 5.41) is 3.05. The molecule has 5 nitrogen and oxygen atoms in total. The van der Waals surface area contributed by atoms with Gasteiger partial charge in [0.25, 0.3) is 0 Å². The van der Waals surface area contributed by atoms with Crippen molar-refractivity contribution in [1.82, 2.24) is 14.5 Å². The lowest BCUT2D eigenvalue weighted by Gasteiger charge is -2.11. The zero-order chi connectivity index (χ0) is 20.5. The molecule has 4 rings (SSSR count). The Kier molecular flexibility index (Phi) is 4.79. The Labute approximate surface area is 162 Å². The van der Waals surface area contributed by atoms with E-state index in [-0.39, 0.29) is 5.75 Å². The van der Waals surface area contributed by atoms with E-state index in [4.69, 9.17) is 0 Å². The number of anilines is 2. The molecule has 4 aromatic rings. The second-order valence-electron chi connectivity index (χ2n) is 6.16. The second-order valence-corrected chi connectivity index (χ2v) is 6.16. The largest absolute Gasteiger partial charge is 0.435 e. The van der Waals surface area contributed by atoms with Crippen molar-refractivity contribution in [2.75, 3.05) is 5.32 Å². The van der Waals surface area contributed by atoms with Gasteiger partial charge in [0.15, 0.2) is 11.6 Å². The summed E-state index contributed by atoms with van der Waals surface area (Å²) < 4.78 is 57.6. The van der Waals surface area contributed by atoms with E-state index in [1.165, 1.54) is 12.1 Å². The number of aryl methyl sites for hydroxylation is 1. The van der Waals surface area contributed by atoms with Gasteiger partial charge in [0.2, 0.25) is 0 Å². The van der Waals surface area contributed by atoms with Crippen molar-refractivity contribution in [3.05, 3.63) is 72.1 Å². The quantitative estimate of drug-likeness (QED) is 0.457. The minimum Gasteiger partial charge on any atom is -0.435 e. The van der Waals surface area contributed by atoms with E-state index < -0.39 is 18.2 Å². The molecule has 0 saturated carbocycles. The molecular weight excluding hydrogens is 388 g/mol. The van der Waals surface area contributed by atoms with E-state index in [2.05, 4.69) is 20.0 Å². The Morgan fingerprint density at radius 2 is 1.69 bits per heavy atom. The van der Waals surface area contributed by atoms with E-state index in [1.54, 1.807) is 41.8 Å². The Morgan fingerprint density at radius 1 is 0.966 bits per heavy atom. The Bertz CT molecular complexity index is 1180. The minimum atomic E-state index is -2.89. The van der Waals surface area contributed by atoms with Gasteiger partial charge in [-0.2, -0.15) is 8.78 Å². The third kappa shape index (κ3) is 3.84. The fourth-order valence-electron chi connectivity index (χ4n) is 2.97. The highest BCUT2D eigenvalue weighted by Gasteiger charge is 2.14. The Hall–Kier alpha value is -3.62. The minimum absolute atomic E-state index is 0.0435. The lowest BCUT2D eigenvalue weighted by molar-refractivity contribution is -0.0498. The number of imidazole rings is 1. The number of aromatic nitrogens is 3. The first-order chi connectivity index (χ1) is 13.9. The summed E-state index contributed by atoms with van der Waals surface area (Å²) in [5.74, 6) is -0.457. The van der Waals surface area contributed by atoms with E-state index >= 15 is 0 Å². The molecule has 2 heterocycles. The third-order valence-corrected chi connectivity index (χ3v) is 4.18. The van der Waals surface area contributed by atoms with Gasteiger partial charge in [0, 0.05) is 17.8 Å². The molecule has 2 aromatic heterocycles. The van der Waals surface area contributed by atoms with Gasteiger partial charge >= 0.3 is 6.61 Å². The van der Waals surface area contributed by atoms with E-state index in [9.17, 15) is 17.6 Å². The van der Waals surface area contributed by atoms with Crippen molar-refractivity contribution in [3.63, 3.8) is 0 Å². The third-order valence-electron chi connectivity index (χ3n) is 4.18. The molecule has 148 valence electrons. The van der Waals surface area contributed by atoms with Crippen LogP contribution in [0.5, 0.6) is 5.75 Å². The average Bonchev–Trinajstić information content (AvgIpc) is 2.98. The van der Waals surface area contributed by atoms with E-state index in [0.29, 0.717) is 34.2 Å². The number of rotatable bonds is 5. The van der Waals surface area contributed by atoms with Gasteiger partial charge in [-0.1, -0.05) is 6.07 Å². The molecule has 29 heavy (non-hydrogen) atoms. The molecule has 0 spiro atoms. The molecule has 0 unspecified atom stereocenters. The Morgan fingerprint density at radius 3 is 2.41 bits per heavy atom. The predicted octanol–water partition coefficient (Wildman–Crippen LogP) is 5.35. The van der Waals surface area contributed by atoms with Crippen molar-refractivity contribution in [1.29, 1.82) is 0 Å². The van der Waals surface area contributed by atoms with Crippen LogP contribution >= 0.6 is 0 Å². The molecular formula is C20H14F4N4O. The van der Waals surface area contributed by atoms with Crippen LogP contribution in [0.1, 0.15) is 5.82 Å². The van der Waals surface area contributed by atoms with Crippen molar-refractivity contribution in [2.24, 2.45) is 0 Å². The molecule has 0 aliphatic carbocycles. The van der Waals surface area contributed by atoms with E-state index in [1.807, 2.05) is 0 Å². The van der Waals surface area contributed by atoms with Gasteiger partial charge in [-0.05, 0) is 43.3 Å². The van der Waals surface area contributed by atoms with Crippen LogP contribution in [0.3, 0.4) is 0 Å². The van der Waals surface area contributed by atoms with Crippen molar-refractivity contribution >= 4 is 22.5 Å². The van der Waals surface area contributed by atoms with Crippen molar-refractivity contribution in [3.8, 4) is 11.6 Å². The summed E-state index contributed by atoms with van der Waals surface area (Å²) in [5.41, 5.74) is 1.31. The number of nitrogens with one attached hydrogen (secondary N) is 1. The summed E-state index contributed by atoms with van der Waals surface area (Å²) >= 11 is 0. The number of ether oxygens (including phenoxy) is 1. The normalized spacial score (nSPS) is 11.2. The number of nitrogens with zero attached hydrogens (tertiary/aromatic N) is 3. The molecule has 0 bridgehead atoms. The summed E-state index contributed by atoms with van der Waals surface area (Å²) in [6, 6.07) is 13.2. The number of pyridine rings is 1. The maximum absolute atomic E-state index is 13.7. The van der Waals surface area contributed by atoms with Crippen LogP contribution in [0.15, 0.2) is 54.6 Å². The molecule has 0 saturated heterocycles. The Balaban J connectivity index is 1.65. The molecule has 0 fully saturated rings. The molecule has 0 aliphatic rings. The number of alkyl halides is 2. The van der Waals surface area contributed by atoms with Gasteiger partial charge in [0.1, 0.15) is 23.2 Å². The van der Waals surface area contributed by atoms with Crippen LogP contribution in [0.2, 0.25) is 0 Å². The molecule has 0 atom stereocenters. The molecule has 2 aromatic carbocycles. The lowest BCUT2D eigenvalue weighted by Crippen LogP contribution is -2.03. The van der Waals surface area contributed by atoms with Gasteiger partial charge in [-0.3, -0.25) is 4.57 Å². The summed E-state index contributed by atoms with van der Waals surface area (Å²) in [6.07, 6.45) is 0. The number of benzene rings is 2. The molecule has 0 aliphatic heterocycles. The molecule has 1 N–H and O–H groups in total. The van der Waals surface area contributed by atoms with Crippen molar-refractivity contribution in [2.45, 2.75) is 13.5 Å². The fraction of sp³-hybridized carbons (Fsp3) is 0.100. The SMILES string of the molecule is Cc1nc2cc(F)c(F)cc2n1-c1cccc(Nc2ccc(OC(F)F)cc2)n1. The van der Waals surface area contributed by atoms with Gasteiger partial charge in [-0.25, -0.2) is 18.7 Å². The zero-order valence-electron chi connectivity index (χ0n) is 15.0. The first-order valence-electron chi connectivity index (χ1n) is 8.54. The molecule has 0 amide bonds. The van der Waals surface area contributed by atoms with E-state index in [0.717, 1.165) is 12.1 Å². The predicted molar refractivity (Wildman–Crippen MR) is 99.9 cm³/mol. The maximum Gasteiger partial charge on any atom is 0.387 e. The van der Waals surface area contributed by atoms with Crippen molar-refractivity contribution < 1.29 is 22.3 Å². The molecule has 9 heteroatoms. The highest BCUT2D eigenvalue weighted by molar-refractivity contribution is 5.78. The first kappa shape index (κ1) is 18.7. The van der Waals surface area contributed by atoms with Gasteiger partial charge < -0.3 is 10.1 Å². The standard InChI is InChI=1S/C20H14F4N4O/c1-11-25-16-9-14(21)15(22)10-17(16)28(11)19-4-2-3-18(27-19)26-12-5-7-13(8-6-12)29-20(23)24/h2-10,20H,1H3,(H,26,27). The average molecular weight is 402 g/mol. The van der Waals surface area contributed by atoms with Crippen LogP contribution in [-0.2, 0) is 0 Å². The van der Waals surface area contributed by atoms with Gasteiger partial charge in [0.05, 0.1) is 11.0 Å². The van der Waals surface area contributed by atoms with Crippen LogP contribution in [0, 0.1) is 18.6 Å². The topological polar surface area (TPSA) is 52.0 Å². The van der Waals surface area contributed by atoms with Crippen LogP contribution < -0.4 is 10.1 Å². The highest BCUT2D eigenvalue weighted by Crippen LogP contribution is 2.25. The fourth-order valence-corrected chi connectivity index (χ4v) is 2.97. The molecule has 0 radical (unpaired) electrons. The summed E-state index contributed by atoms with van der Waals surface area (Å²) in [7, 11) is 0. The van der Waals surface area contributed by atoms with Crippen LogP contribution in [0.4, 0.5) is 29.1 Å². The number of fused-ring (bicyclic) bond motifs is 1.